The van der Waals surface area contributed by atoms with Crippen LogP contribution in [0, 0.1) is 6.92 Å². The number of hydrogen-bond donors (Lipinski definition) is 3. The number of hydrogen-bond acceptors (Lipinski definition) is 4. The summed E-state index contributed by atoms with van der Waals surface area (Å²) in [7, 11) is 0. The number of thioether (sulfide) groups is 1. The Morgan fingerprint density at radius 1 is 1.26 bits per heavy atom. The summed E-state index contributed by atoms with van der Waals surface area (Å²) in [4.78, 5) is 24.6. The third-order valence-corrected chi connectivity index (χ3v) is 4.01. The van der Waals surface area contributed by atoms with E-state index in [2.05, 4.69) is 16.0 Å². The second-order valence-corrected chi connectivity index (χ2v) is 6.31. The third-order valence-electron chi connectivity index (χ3n) is 3.36. The van der Waals surface area contributed by atoms with Crippen molar-refractivity contribution in [3.63, 3.8) is 0 Å². The van der Waals surface area contributed by atoms with Gasteiger partial charge in [-0.05, 0) is 44.0 Å². The van der Waals surface area contributed by atoms with Crippen LogP contribution in [-0.4, -0.2) is 49.5 Å². The molecule has 0 aliphatic carbocycles. The van der Waals surface area contributed by atoms with E-state index in [1.807, 2.05) is 38.3 Å². The fraction of sp³-hybridized carbons (Fsp3) is 0.529. The number of benzene rings is 1. The van der Waals surface area contributed by atoms with Crippen LogP contribution >= 0.6 is 11.8 Å². The highest BCUT2D eigenvalue weighted by Crippen LogP contribution is 2.06. The molecule has 5 nitrogen and oxygen atoms in total. The van der Waals surface area contributed by atoms with Crippen LogP contribution < -0.4 is 16.0 Å². The van der Waals surface area contributed by atoms with Gasteiger partial charge < -0.3 is 16.0 Å². The van der Waals surface area contributed by atoms with Gasteiger partial charge in [-0.2, -0.15) is 11.8 Å². The summed E-state index contributed by atoms with van der Waals surface area (Å²) >= 11 is 1.66. The van der Waals surface area contributed by atoms with Crippen molar-refractivity contribution in [1.82, 2.24) is 16.0 Å². The summed E-state index contributed by atoms with van der Waals surface area (Å²) in [6, 6.07) is 6.87. The first-order valence-corrected chi connectivity index (χ1v) is 9.32. The predicted molar refractivity (Wildman–Crippen MR) is 97.0 cm³/mol. The molecule has 1 unspecified atom stereocenters. The first-order chi connectivity index (χ1) is 11.1. The Morgan fingerprint density at radius 2 is 2.04 bits per heavy atom. The van der Waals surface area contributed by atoms with Crippen LogP contribution in [0.2, 0.25) is 0 Å². The molecule has 0 fully saturated rings. The first kappa shape index (κ1) is 19.5. The van der Waals surface area contributed by atoms with Crippen molar-refractivity contribution < 1.29 is 9.59 Å². The average Bonchev–Trinajstić information content (AvgIpc) is 2.55. The molecule has 3 N–H and O–H groups in total. The highest BCUT2D eigenvalue weighted by Gasteiger charge is 2.20. The van der Waals surface area contributed by atoms with E-state index in [9.17, 15) is 9.59 Å². The van der Waals surface area contributed by atoms with Crippen molar-refractivity contribution in [2.24, 2.45) is 0 Å². The molecule has 1 rings (SSSR count). The number of rotatable bonds is 10. The van der Waals surface area contributed by atoms with Crippen molar-refractivity contribution in [2.45, 2.75) is 26.3 Å². The number of aryl methyl sites for hydroxylation is 1. The van der Waals surface area contributed by atoms with Crippen LogP contribution in [0.1, 0.15) is 29.3 Å². The van der Waals surface area contributed by atoms with E-state index in [4.69, 9.17) is 0 Å². The maximum absolute atomic E-state index is 12.3. The lowest BCUT2D eigenvalue weighted by Crippen LogP contribution is -2.48. The fourth-order valence-electron chi connectivity index (χ4n) is 2.11. The Labute approximate surface area is 143 Å². The molecule has 0 radical (unpaired) electrons. The van der Waals surface area contributed by atoms with Crippen LogP contribution in [0.5, 0.6) is 0 Å². The monoisotopic (exact) mass is 337 g/mol. The molecule has 0 aliphatic rings. The van der Waals surface area contributed by atoms with Gasteiger partial charge in [-0.25, -0.2) is 0 Å². The smallest absolute Gasteiger partial charge is 0.251 e. The maximum atomic E-state index is 12.3. The Bertz CT molecular complexity index is 508. The van der Waals surface area contributed by atoms with Gasteiger partial charge in [0.1, 0.15) is 6.04 Å². The molecule has 0 saturated heterocycles. The lowest BCUT2D eigenvalue weighted by molar-refractivity contribution is -0.122. The molecule has 0 saturated carbocycles. The van der Waals surface area contributed by atoms with Gasteiger partial charge in [0.2, 0.25) is 5.91 Å². The Balaban J connectivity index is 2.62. The van der Waals surface area contributed by atoms with Gasteiger partial charge in [-0.3, -0.25) is 9.59 Å². The van der Waals surface area contributed by atoms with Gasteiger partial charge in [-0.1, -0.05) is 24.6 Å². The summed E-state index contributed by atoms with van der Waals surface area (Å²) in [5.74, 6) is 0.485. The lowest BCUT2D eigenvalue weighted by atomic mass is 10.1. The van der Waals surface area contributed by atoms with E-state index in [1.54, 1.807) is 17.8 Å². The Hall–Kier alpha value is -1.53. The summed E-state index contributed by atoms with van der Waals surface area (Å²) in [6.07, 6.45) is 2.61. The average molecular weight is 337 g/mol. The zero-order chi connectivity index (χ0) is 17.1. The minimum Gasteiger partial charge on any atom is -0.353 e. The molecule has 0 heterocycles. The quantitative estimate of drug-likeness (QED) is 0.567. The van der Waals surface area contributed by atoms with Gasteiger partial charge in [-0.15, -0.1) is 0 Å². The van der Waals surface area contributed by atoms with Crippen molar-refractivity contribution in [2.75, 3.05) is 31.6 Å². The first-order valence-electron chi connectivity index (χ1n) is 7.93. The van der Waals surface area contributed by atoms with Gasteiger partial charge in [0.25, 0.3) is 5.91 Å². The topological polar surface area (TPSA) is 70.2 Å². The largest absolute Gasteiger partial charge is 0.353 e. The zero-order valence-electron chi connectivity index (χ0n) is 14.1. The van der Waals surface area contributed by atoms with Gasteiger partial charge >= 0.3 is 0 Å². The minimum atomic E-state index is -0.503. The normalized spacial score (nSPS) is 11.8. The van der Waals surface area contributed by atoms with Gasteiger partial charge in [0, 0.05) is 18.7 Å². The van der Waals surface area contributed by atoms with Crippen LogP contribution in [0.4, 0.5) is 0 Å². The van der Waals surface area contributed by atoms with E-state index in [-0.39, 0.29) is 11.8 Å². The molecular formula is C17H27N3O2S. The molecule has 23 heavy (non-hydrogen) atoms. The van der Waals surface area contributed by atoms with Crippen LogP contribution in [-0.2, 0) is 4.79 Å². The number of nitrogens with one attached hydrogen (secondary N) is 3. The van der Waals surface area contributed by atoms with E-state index >= 15 is 0 Å². The molecule has 1 aromatic rings. The van der Waals surface area contributed by atoms with Crippen molar-refractivity contribution in [3.05, 3.63) is 35.4 Å². The fourth-order valence-corrected chi connectivity index (χ4v) is 2.58. The van der Waals surface area contributed by atoms with Gasteiger partial charge in [0.15, 0.2) is 0 Å². The van der Waals surface area contributed by atoms with E-state index in [0.29, 0.717) is 18.5 Å². The lowest BCUT2D eigenvalue weighted by Gasteiger charge is -2.18. The van der Waals surface area contributed by atoms with Crippen LogP contribution in [0.3, 0.4) is 0 Å². The summed E-state index contributed by atoms with van der Waals surface area (Å²) in [5, 5.41) is 8.87. The molecule has 2 amide bonds. The SMILES string of the molecule is CCNCCNC(=O)C(CCSC)NC(=O)c1cccc(C)c1. The number of amides is 2. The Morgan fingerprint density at radius 3 is 2.70 bits per heavy atom. The standard InChI is InChI=1S/C17H27N3O2S/c1-4-18-9-10-19-17(22)15(8-11-23-3)20-16(21)14-7-5-6-13(2)12-14/h5-7,12,15,18H,4,8-11H2,1-3H3,(H,19,22)(H,20,21). The predicted octanol–water partition coefficient (Wildman–Crippen LogP) is 1.57. The maximum Gasteiger partial charge on any atom is 0.251 e. The molecule has 0 aliphatic heterocycles. The molecule has 6 heteroatoms. The summed E-state index contributed by atoms with van der Waals surface area (Å²) in [6.45, 7) is 6.11. The molecular weight excluding hydrogens is 310 g/mol. The van der Waals surface area contributed by atoms with E-state index in [1.165, 1.54) is 0 Å². The molecule has 1 atom stereocenters. The highest BCUT2D eigenvalue weighted by molar-refractivity contribution is 7.98. The molecule has 0 spiro atoms. The van der Waals surface area contributed by atoms with Crippen molar-refractivity contribution >= 4 is 23.6 Å². The van der Waals surface area contributed by atoms with E-state index in [0.717, 1.165) is 24.4 Å². The molecule has 1 aromatic carbocycles. The number of likely N-dealkylation sites (N-methyl/N-ethyl adjacent to an activating group) is 1. The zero-order valence-corrected chi connectivity index (χ0v) is 15.0. The summed E-state index contributed by atoms with van der Waals surface area (Å²) in [5.41, 5.74) is 1.60. The second-order valence-electron chi connectivity index (χ2n) is 5.32. The van der Waals surface area contributed by atoms with E-state index < -0.39 is 6.04 Å². The van der Waals surface area contributed by atoms with Gasteiger partial charge in [0.05, 0.1) is 0 Å². The minimum absolute atomic E-state index is 0.127. The van der Waals surface area contributed by atoms with Crippen LogP contribution in [0.15, 0.2) is 24.3 Å². The van der Waals surface area contributed by atoms with Crippen LogP contribution in [0.25, 0.3) is 0 Å². The van der Waals surface area contributed by atoms with Crippen molar-refractivity contribution in [3.8, 4) is 0 Å². The molecule has 0 bridgehead atoms. The number of carbonyl (C=O) groups is 2. The van der Waals surface area contributed by atoms with Crippen molar-refractivity contribution in [1.29, 1.82) is 0 Å². The highest BCUT2D eigenvalue weighted by atomic mass is 32.2. The summed E-state index contributed by atoms with van der Waals surface area (Å²) < 4.78 is 0. The third kappa shape index (κ3) is 7.52. The molecule has 128 valence electrons. The Kier molecular flexibility index (Phi) is 9.40. The second kappa shape index (κ2) is 11.1. The number of carbonyl (C=O) groups excluding carboxylic acids is 2. The molecule has 0 aromatic heterocycles.